The molecule has 0 amide bonds. The van der Waals surface area contributed by atoms with E-state index in [0.717, 1.165) is 22.0 Å². The summed E-state index contributed by atoms with van der Waals surface area (Å²) in [5.74, 6) is -0.272. The number of rotatable bonds is 3. The minimum atomic E-state index is -0.136. The van der Waals surface area contributed by atoms with Gasteiger partial charge in [-0.3, -0.25) is 20.3 Å². The number of guanidine groups is 2. The van der Waals surface area contributed by atoms with Gasteiger partial charge in [-0.15, -0.1) is 0 Å². The van der Waals surface area contributed by atoms with Gasteiger partial charge in [-0.1, -0.05) is 0 Å². The summed E-state index contributed by atoms with van der Waals surface area (Å²) in [7, 11) is 2.15. The average molecular weight is 180 g/mol. The van der Waals surface area contributed by atoms with Crippen molar-refractivity contribution in [3.05, 3.63) is 0 Å². The van der Waals surface area contributed by atoms with E-state index in [-0.39, 0.29) is 11.9 Å². The van der Waals surface area contributed by atoms with Crippen molar-refractivity contribution in [2.45, 2.75) is 0 Å². The Hall–Kier alpha value is -0.760. The summed E-state index contributed by atoms with van der Waals surface area (Å²) < 4.78 is 4.85. The average Bonchev–Trinajstić information content (AvgIpc) is 1.79. The van der Waals surface area contributed by atoms with Gasteiger partial charge >= 0.3 is 0 Å². The molecule has 0 aromatic heterocycles. The van der Waals surface area contributed by atoms with Crippen molar-refractivity contribution in [3.63, 3.8) is 0 Å². The van der Waals surface area contributed by atoms with Crippen molar-refractivity contribution in [1.29, 1.82) is 10.8 Å². The molecule has 0 unspecified atom stereocenters. The molecule has 0 rings (SSSR count). The largest absolute Gasteiger partial charge is 0.369 e. The van der Waals surface area contributed by atoms with Gasteiger partial charge in [0, 0.05) is 22.0 Å². The van der Waals surface area contributed by atoms with Gasteiger partial charge in [-0.2, -0.15) is 0 Å². The van der Waals surface area contributed by atoms with Gasteiger partial charge < -0.3 is 11.5 Å². The van der Waals surface area contributed by atoms with Gasteiger partial charge in [0.2, 0.25) is 0 Å². The molecular formula is C2H8N6S2. The van der Waals surface area contributed by atoms with Crippen LogP contribution < -0.4 is 20.9 Å². The molecule has 0 aliphatic carbocycles. The van der Waals surface area contributed by atoms with Crippen LogP contribution in [0.25, 0.3) is 0 Å². The van der Waals surface area contributed by atoms with Crippen LogP contribution in [0.4, 0.5) is 0 Å². The number of nitrogens with one attached hydrogen (secondary N) is 4. The Kier molecular flexibility index (Phi) is 4.67. The molecule has 0 saturated carbocycles. The van der Waals surface area contributed by atoms with E-state index in [4.69, 9.17) is 22.3 Å². The molecule has 0 spiro atoms. The number of hydrogen-bond donors (Lipinski definition) is 6. The van der Waals surface area contributed by atoms with Crippen molar-refractivity contribution in [1.82, 2.24) is 9.44 Å². The van der Waals surface area contributed by atoms with E-state index in [1.165, 1.54) is 0 Å². The standard InChI is InChI=1S/C2H8N6S2/c3-1(4)7-9-10-8-2(5)6/h(H4,3,4,7)(H4,5,6,8). The molecule has 0 heterocycles. The third-order valence-corrected chi connectivity index (χ3v) is 1.78. The summed E-state index contributed by atoms with van der Waals surface area (Å²) in [5, 5.41) is 13.4. The predicted octanol–water partition coefficient (Wildman–Crippen LogP) is -0.836. The Bertz CT molecular complexity index is 118. The molecular weight excluding hydrogens is 172 g/mol. The molecule has 0 aromatic rings. The van der Waals surface area contributed by atoms with E-state index >= 15 is 0 Å². The molecule has 0 radical (unpaired) electrons. The maximum atomic E-state index is 6.70. The maximum Gasteiger partial charge on any atom is 0.196 e. The zero-order valence-electron chi connectivity index (χ0n) is 4.97. The first kappa shape index (κ1) is 9.24. The fourth-order valence-electron chi connectivity index (χ4n) is 0.131. The maximum absolute atomic E-state index is 6.70. The van der Waals surface area contributed by atoms with E-state index in [1.807, 2.05) is 0 Å². The fourth-order valence-corrected chi connectivity index (χ4v) is 1.18. The zero-order chi connectivity index (χ0) is 7.98. The van der Waals surface area contributed by atoms with Crippen LogP contribution in [0.5, 0.6) is 0 Å². The van der Waals surface area contributed by atoms with E-state index in [0.29, 0.717) is 0 Å². The predicted molar refractivity (Wildman–Crippen MR) is 45.3 cm³/mol. The van der Waals surface area contributed by atoms with Gasteiger partial charge in [0.05, 0.1) is 0 Å². The van der Waals surface area contributed by atoms with Crippen molar-refractivity contribution < 1.29 is 0 Å². The molecule has 0 aromatic carbocycles. The van der Waals surface area contributed by atoms with Crippen LogP contribution in [0.3, 0.4) is 0 Å². The molecule has 0 saturated heterocycles. The molecule has 8 N–H and O–H groups in total. The van der Waals surface area contributed by atoms with Gasteiger partial charge in [0.25, 0.3) is 0 Å². The lowest BCUT2D eigenvalue weighted by atomic mass is 11.1. The number of hydrogen-bond acceptors (Lipinski definition) is 4. The van der Waals surface area contributed by atoms with E-state index in [9.17, 15) is 0 Å². The molecule has 6 nitrogen and oxygen atoms in total. The summed E-state index contributed by atoms with van der Waals surface area (Å²) in [5.41, 5.74) is 9.87. The zero-order valence-corrected chi connectivity index (χ0v) is 6.60. The van der Waals surface area contributed by atoms with Gasteiger partial charge in [-0.05, 0) is 0 Å². The van der Waals surface area contributed by atoms with E-state index < -0.39 is 0 Å². The molecule has 0 aliphatic rings. The molecule has 0 bridgehead atoms. The molecule has 58 valence electrons. The lowest BCUT2D eigenvalue weighted by Crippen LogP contribution is -2.26. The van der Waals surface area contributed by atoms with Crippen LogP contribution >= 0.6 is 22.0 Å². The monoisotopic (exact) mass is 180 g/mol. The van der Waals surface area contributed by atoms with Crippen LogP contribution in [0.2, 0.25) is 0 Å². The van der Waals surface area contributed by atoms with Crippen LogP contribution in [0.15, 0.2) is 0 Å². The lowest BCUT2D eigenvalue weighted by molar-refractivity contribution is 1.32. The second-order valence-electron chi connectivity index (χ2n) is 1.20. The highest BCUT2D eigenvalue weighted by Gasteiger charge is 1.89. The summed E-state index contributed by atoms with van der Waals surface area (Å²) in [6, 6.07) is 0. The van der Waals surface area contributed by atoms with Crippen molar-refractivity contribution in [3.8, 4) is 0 Å². The van der Waals surface area contributed by atoms with Crippen molar-refractivity contribution in [2.75, 3.05) is 0 Å². The van der Waals surface area contributed by atoms with Crippen molar-refractivity contribution >= 4 is 33.9 Å². The second-order valence-corrected chi connectivity index (χ2v) is 2.94. The first-order valence-electron chi connectivity index (χ1n) is 2.15. The SMILES string of the molecule is N=C(N)NSSNC(=N)N. The van der Waals surface area contributed by atoms with Crippen LogP contribution in [0, 0.1) is 10.8 Å². The first-order chi connectivity index (χ1) is 4.63. The van der Waals surface area contributed by atoms with Gasteiger partial charge in [0.1, 0.15) is 0 Å². The minimum Gasteiger partial charge on any atom is -0.369 e. The number of nitrogens with two attached hydrogens (primary N) is 2. The molecule has 10 heavy (non-hydrogen) atoms. The van der Waals surface area contributed by atoms with Gasteiger partial charge in [-0.25, -0.2) is 0 Å². The quantitative estimate of drug-likeness (QED) is 0.111. The Morgan fingerprint density at radius 3 is 1.50 bits per heavy atom. The second kappa shape index (κ2) is 5.06. The molecule has 0 atom stereocenters. The summed E-state index contributed by atoms with van der Waals surface area (Å²) in [4.78, 5) is 0. The summed E-state index contributed by atoms with van der Waals surface area (Å²) in [6.45, 7) is 0. The molecule has 8 heteroatoms. The smallest absolute Gasteiger partial charge is 0.196 e. The summed E-state index contributed by atoms with van der Waals surface area (Å²) in [6.07, 6.45) is 0. The van der Waals surface area contributed by atoms with Crippen LogP contribution in [0.1, 0.15) is 0 Å². The van der Waals surface area contributed by atoms with Crippen molar-refractivity contribution in [2.24, 2.45) is 11.5 Å². The van der Waals surface area contributed by atoms with Gasteiger partial charge in [0.15, 0.2) is 11.9 Å². The minimum absolute atomic E-state index is 0.136. The Balaban J connectivity index is 3.06. The van der Waals surface area contributed by atoms with Crippen LogP contribution in [-0.4, -0.2) is 11.9 Å². The van der Waals surface area contributed by atoms with Crippen LogP contribution in [-0.2, 0) is 0 Å². The third-order valence-electron chi connectivity index (χ3n) is 0.345. The first-order valence-corrected chi connectivity index (χ1v) is 4.30. The normalized spacial score (nSPS) is 8.40. The Morgan fingerprint density at radius 2 is 1.30 bits per heavy atom. The topological polar surface area (TPSA) is 124 Å². The fraction of sp³-hybridized carbons (Fsp3) is 0. The molecule has 0 fully saturated rings. The highest BCUT2D eigenvalue weighted by Crippen LogP contribution is 2.10. The highest BCUT2D eigenvalue weighted by molar-refractivity contribution is 8.75. The van der Waals surface area contributed by atoms with E-state index in [2.05, 4.69) is 9.44 Å². The van der Waals surface area contributed by atoms with E-state index in [1.54, 1.807) is 0 Å². The summed E-state index contributed by atoms with van der Waals surface area (Å²) >= 11 is 0. The third kappa shape index (κ3) is 7.24. The molecule has 0 aliphatic heterocycles. The lowest BCUT2D eigenvalue weighted by Gasteiger charge is -2.01. The Morgan fingerprint density at radius 1 is 1.00 bits per heavy atom. The Labute approximate surface area is 66.2 Å². The highest BCUT2D eigenvalue weighted by atomic mass is 33.1.